The summed E-state index contributed by atoms with van der Waals surface area (Å²) >= 11 is 0. The van der Waals surface area contributed by atoms with E-state index >= 15 is 0 Å². The zero-order valence-corrected chi connectivity index (χ0v) is 16.8. The first kappa shape index (κ1) is 18.8. The lowest BCUT2D eigenvalue weighted by Gasteiger charge is -2.23. The van der Waals surface area contributed by atoms with Crippen molar-refractivity contribution in [2.75, 3.05) is 11.9 Å². The third kappa shape index (κ3) is 3.49. The highest BCUT2D eigenvalue weighted by molar-refractivity contribution is 6.02. The number of nitrogens with zero attached hydrogens (tertiary/aromatic N) is 3. The van der Waals surface area contributed by atoms with E-state index in [0.29, 0.717) is 5.69 Å². The van der Waals surface area contributed by atoms with Crippen molar-refractivity contribution in [3.05, 3.63) is 102 Å². The van der Waals surface area contributed by atoms with Gasteiger partial charge in [0, 0.05) is 36.2 Å². The number of anilines is 1. The third-order valence-corrected chi connectivity index (χ3v) is 5.46. The molecule has 4 heteroatoms. The van der Waals surface area contributed by atoms with E-state index in [4.69, 9.17) is 0 Å². The average Bonchev–Trinajstić information content (AvgIpc) is 2.95. The molecule has 0 N–H and O–H groups in total. The number of rotatable bonds is 4. The van der Waals surface area contributed by atoms with E-state index < -0.39 is 0 Å². The molecule has 0 saturated carbocycles. The Labute approximate surface area is 171 Å². The first-order chi connectivity index (χ1) is 14.0. The van der Waals surface area contributed by atoms with Gasteiger partial charge in [0.25, 0.3) is 0 Å². The van der Waals surface area contributed by atoms with E-state index in [1.807, 2.05) is 12.1 Å². The minimum atomic E-state index is -0.172. The van der Waals surface area contributed by atoms with Crippen molar-refractivity contribution in [1.29, 1.82) is 0 Å². The molecule has 29 heavy (non-hydrogen) atoms. The molecule has 0 bridgehead atoms. The molecular formula is C25H23N3O. The van der Waals surface area contributed by atoms with Crippen LogP contribution in [-0.2, 0) is 5.41 Å². The van der Waals surface area contributed by atoms with Crippen molar-refractivity contribution in [2.24, 2.45) is 0 Å². The van der Waals surface area contributed by atoms with Gasteiger partial charge in [0.2, 0.25) is 5.78 Å². The number of fused-ring (bicyclic) bond motifs is 1. The van der Waals surface area contributed by atoms with Crippen LogP contribution in [0.5, 0.6) is 0 Å². The van der Waals surface area contributed by atoms with Crippen molar-refractivity contribution >= 4 is 11.5 Å². The fourth-order valence-electron chi connectivity index (χ4n) is 3.88. The Kier molecular flexibility index (Phi) is 4.85. The van der Waals surface area contributed by atoms with Crippen LogP contribution in [-0.4, -0.2) is 22.8 Å². The van der Waals surface area contributed by atoms with Crippen LogP contribution < -0.4 is 4.90 Å². The second-order valence-corrected chi connectivity index (χ2v) is 7.65. The summed E-state index contributed by atoms with van der Waals surface area (Å²) in [6.45, 7) is 4.43. The Bertz CT molecular complexity index is 1100. The Morgan fingerprint density at radius 3 is 2.55 bits per heavy atom. The van der Waals surface area contributed by atoms with Crippen molar-refractivity contribution in [3.8, 4) is 11.1 Å². The number of benzene rings is 2. The smallest absolute Gasteiger partial charge is 0.205 e. The van der Waals surface area contributed by atoms with E-state index in [9.17, 15) is 4.79 Å². The second kappa shape index (κ2) is 7.47. The molecule has 4 rings (SSSR count). The molecule has 0 radical (unpaired) electrons. The molecule has 2 aromatic carbocycles. The fourth-order valence-corrected chi connectivity index (χ4v) is 3.88. The molecule has 3 aromatic rings. The number of hydrogen-bond donors (Lipinski definition) is 0. The Hall–Kier alpha value is -3.53. The van der Waals surface area contributed by atoms with Gasteiger partial charge in [0.15, 0.2) is 0 Å². The highest BCUT2D eigenvalue weighted by Gasteiger charge is 2.38. The summed E-state index contributed by atoms with van der Waals surface area (Å²) in [7, 11) is 2.07. The first-order valence-corrected chi connectivity index (χ1v) is 9.61. The Balaban J connectivity index is 1.64. The van der Waals surface area contributed by atoms with Crippen LogP contribution in [0, 0.1) is 0 Å². The Morgan fingerprint density at radius 2 is 1.83 bits per heavy atom. The van der Waals surface area contributed by atoms with Gasteiger partial charge in [-0.25, -0.2) is 4.98 Å². The van der Waals surface area contributed by atoms with Gasteiger partial charge >= 0.3 is 0 Å². The van der Waals surface area contributed by atoms with Gasteiger partial charge in [-0.15, -0.1) is 0 Å². The molecular weight excluding hydrogens is 358 g/mol. The third-order valence-electron chi connectivity index (χ3n) is 5.46. The molecule has 0 aliphatic carbocycles. The number of allylic oxidation sites excluding steroid dienone is 4. The van der Waals surface area contributed by atoms with E-state index in [1.54, 1.807) is 18.3 Å². The minimum Gasteiger partial charge on any atom is -0.347 e. The van der Waals surface area contributed by atoms with Crippen molar-refractivity contribution in [2.45, 2.75) is 19.3 Å². The average molecular weight is 381 g/mol. The second-order valence-electron chi connectivity index (χ2n) is 7.65. The van der Waals surface area contributed by atoms with Crippen molar-refractivity contribution in [1.82, 2.24) is 9.97 Å². The van der Waals surface area contributed by atoms with Crippen LogP contribution in [0.1, 0.15) is 29.9 Å². The number of aromatic nitrogens is 2. The summed E-state index contributed by atoms with van der Waals surface area (Å²) in [4.78, 5) is 22.4. The topological polar surface area (TPSA) is 46.1 Å². The normalized spacial score (nSPS) is 16.4. The quantitative estimate of drug-likeness (QED) is 0.461. The molecule has 0 saturated heterocycles. The first-order valence-electron chi connectivity index (χ1n) is 9.61. The molecule has 1 aromatic heterocycles. The summed E-state index contributed by atoms with van der Waals surface area (Å²) in [5.41, 5.74) is 6.20. The maximum absolute atomic E-state index is 12.2. The highest BCUT2D eigenvalue weighted by atomic mass is 16.1. The summed E-state index contributed by atoms with van der Waals surface area (Å²) in [5, 5.41) is 0. The number of likely N-dealkylation sites (N-methyl/N-ethyl adjacent to an activating group) is 1. The monoisotopic (exact) mass is 381 g/mol. The van der Waals surface area contributed by atoms with Crippen LogP contribution >= 0.6 is 0 Å². The van der Waals surface area contributed by atoms with Crippen LogP contribution in [0.25, 0.3) is 11.1 Å². The predicted molar refractivity (Wildman–Crippen MR) is 117 cm³/mol. The van der Waals surface area contributed by atoms with Gasteiger partial charge in [-0.05, 0) is 41.0 Å². The number of hydrogen-bond acceptors (Lipinski definition) is 4. The summed E-state index contributed by atoms with van der Waals surface area (Å²) in [6.07, 6.45) is 9.91. The van der Waals surface area contributed by atoms with Gasteiger partial charge < -0.3 is 4.90 Å². The molecule has 2 heterocycles. The zero-order chi connectivity index (χ0) is 20.4. The summed E-state index contributed by atoms with van der Waals surface area (Å²) in [5.74, 6) is -0.155. The lowest BCUT2D eigenvalue weighted by atomic mass is 9.82. The SMILES string of the molecule is CN1/C(=C\C=C\C(=O)c2cnccn2)C(C)(C)c2cc(-c3ccccc3)ccc21. The molecule has 144 valence electrons. The molecule has 0 atom stereocenters. The summed E-state index contributed by atoms with van der Waals surface area (Å²) < 4.78 is 0. The largest absolute Gasteiger partial charge is 0.347 e. The summed E-state index contributed by atoms with van der Waals surface area (Å²) in [6, 6.07) is 17.0. The molecule has 4 nitrogen and oxygen atoms in total. The van der Waals surface area contributed by atoms with E-state index in [2.05, 4.69) is 78.2 Å². The van der Waals surface area contributed by atoms with Gasteiger partial charge in [-0.2, -0.15) is 0 Å². The minimum absolute atomic E-state index is 0.155. The van der Waals surface area contributed by atoms with Crippen molar-refractivity contribution < 1.29 is 4.79 Å². The van der Waals surface area contributed by atoms with Crippen molar-refractivity contribution in [3.63, 3.8) is 0 Å². The lowest BCUT2D eigenvalue weighted by Crippen LogP contribution is -2.22. The van der Waals surface area contributed by atoms with Crippen LogP contribution in [0.4, 0.5) is 5.69 Å². The number of ketones is 1. The molecule has 0 unspecified atom stereocenters. The number of carbonyl (C=O) groups is 1. The van der Waals surface area contributed by atoms with Gasteiger partial charge in [0.1, 0.15) is 5.69 Å². The zero-order valence-electron chi connectivity index (χ0n) is 16.8. The van der Waals surface area contributed by atoms with Gasteiger partial charge in [0.05, 0.1) is 6.20 Å². The molecule has 0 spiro atoms. The highest BCUT2D eigenvalue weighted by Crippen LogP contribution is 2.48. The number of carbonyl (C=O) groups excluding carboxylic acids is 1. The van der Waals surface area contributed by atoms with Gasteiger partial charge in [-0.3, -0.25) is 9.78 Å². The van der Waals surface area contributed by atoms with E-state index in [-0.39, 0.29) is 11.2 Å². The van der Waals surface area contributed by atoms with Gasteiger partial charge in [-0.1, -0.05) is 56.3 Å². The lowest BCUT2D eigenvalue weighted by molar-refractivity contribution is 0.104. The molecule has 1 aliphatic rings. The maximum Gasteiger partial charge on any atom is 0.205 e. The van der Waals surface area contributed by atoms with E-state index in [0.717, 1.165) is 5.70 Å². The Morgan fingerprint density at radius 1 is 1.03 bits per heavy atom. The van der Waals surface area contributed by atoms with Crippen LogP contribution in [0.2, 0.25) is 0 Å². The standard InChI is InChI=1S/C25H23N3O/c1-25(2)20-16-19(18-8-5-4-6-9-18)12-13-22(20)28(3)24(25)11-7-10-23(29)21-17-26-14-15-27-21/h4-17H,1-3H3/b10-7+,24-11-. The van der Waals surface area contributed by atoms with Crippen LogP contribution in [0.15, 0.2) is 91.0 Å². The van der Waals surface area contributed by atoms with E-state index in [1.165, 1.54) is 34.8 Å². The molecule has 0 fully saturated rings. The molecule has 0 amide bonds. The maximum atomic E-state index is 12.2. The molecule has 1 aliphatic heterocycles. The fraction of sp³-hybridized carbons (Fsp3) is 0.160. The predicted octanol–water partition coefficient (Wildman–Crippen LogP) is 5.19. The van der Waals surface area contributed by atoms with Crippen LogP contribution in [0.3, 0.4) is 0 Å².